The van der Waals surface area contributed by atoms with E-state index < -0.39 is 5.60 Å². The third-order valence-electron chi connectivity index (χ3n) is 6.59. The van der Waals surface area contributed by atoms with Crippen molar-refractivity contribution in [3.63, 3.8) is 0 Å². The first kappa shape index (κ1) is 24.8. The van der Waals surface area contributed by atoms with Gasteiger partial charge in [-0.2, -0.15) is 0 Å². The van der Waals surface area contributed by atoms with Crippen LogP contribution in [0.2, 0.25) is 5.02 Å². The van der Waals surface area contributed by atoms with Gasteiger partial charge in [-0.1, -0.05) is 22.8 Å². The van der Waals surface area contributed by atoms with Crippen molar-refractivity contribution in [1.29, 1.82) is 0 Å². The van der Waals surface area contributed by atoms with Crippen molar-refractivity contribution in [3.05, 3.63) is 88.2 Å². The third kappa shape index (κ3) is 5.57. The molecule has 188 valence electrons. The van der Waals surface area contributed by atoms with Gasteiger partial charge in [0.2, 0.25) is 0 Å². The summed E-state index contributed by atoms with van der Waals surface area (Å²) in [6, 6.07) is 9.56. The number of pyridine rings is 3. The lowest BCUT2D eigenvalue weighted by Crippen LogP contribution is -2.42. The highest BCUT2D eigenvalue weighted by molar-refractivity contribution is 6.30. The van der Waals surface area contributed by atoms with Crippen LogP contribution in [0.4, 0.5) is 0 Å². The second-order valence-corrected chi connectivity index (χ2v) is 10.5. The monoisotopic (exact) mass is 507 g/mol. The number of piperidine rings is 1. The Morgan fingerprint density at radius 2 is 1.86 bits per heavy atom. The summed E-state index contributed by atoms with van der Waals surface area (Å²) in [6.07, 6.45) is 9.14. The van der Waals surface area contributed by atoms with Gasteiger partial charge in [0.05, 0.1) is 34.2 Å². The minimum Gasteiger partial charge on any atom is -0.392 e. The van der Waals surface area contributed by atoms with E-state index in [0.717, 1.165) is 38.0 Å². The predicted molar refractivity (Wildman–Crippen MR) is 137 cm³/mol. The van der Waals surface area contributed by atoms with E-state index >= 15 is 0 Å². The maximum Gasteiger partial charge on any atom is 0.154 e. The van der Waals surface area contributed by atoms with E-state index in [1.807, 2.05) is 24.7 Å². The van der Waals surface area contributed by atoms with Crippen LogP contribution >= 0.6 is 11.6 Å². The summed E-state index contributed by atoms with van der Waals surface area (Å²) in [7, 11) is 0. The molecule has 5 heterocycles. The van der Waals surface area contributed by atoms with Crippen LogP contribution in [0.1, 0.15) is 54.8 Å². The number of rotatable bonds is 7. The molecule has 1 fully saturated rings. The third-order valence-corrected chi connectivity index (χ3v) is 6.81. The summed E-state index contributed by atoms with van der Waals surface area (Å²) >= 11 is 6.01. The molecule has 0 saturated carbocycles. The molecule has 36 heavy (non-hydrogen) atoms. The number of nitrogens with zero attached hydrogens (tertiary/aromatic N) is 5. The Kier molecular flexibility index (Phi) is 7.03. The van der Waals surface area contributed by atoms with Gasteiger partial charge in [-0.3, -0.25) is 19.9 Å². The number of likely N-dealkylation sites (tertiary alicyclic amines) is 1. The molecule has 0 atom stereocenters. The van der Waals surface area contributed by atoms with Gasteiger partial charge in [0.1, 0.15) is 6.61 Å². The molecule has 1 N–H and O–H groups in total. The summed E-state index contributed by atoms with van der Waals surface area (Å²) in [6.45, 7) is 6.74. The van der Waals surface area contributed by atoms with Crippen molar-refractivity contribution in [2.75, 3.05) is 19.7 Å². The summed E-state index contributed by atoms with van der Waals surface area (Å²) < 4.78 is 6.26. The minimum absolute atomic E-state index is 0.0445. The van der Waals surface area contributed by atoms with Gasteiger partial charge in [0.15, 0.2) is 5.71 Å². The van der Waals surface area contributed by atoms with Crippen molar-refractivity contribution in [2.24, 2.45) is 5.16 Å². The first-order valence-corrected chi connectivity index (χ1v) is 12.5. The molecule has 0 radical (unpaired) electrons. The Morgan fingerprint density at radius 1 is 1.11 bits per heavy atom. The number of oxime groups is 1. The van der Waals surface area contributed by atoms with Crippen LogP contribution in [0.3, 0.4) is 0 Å². The fraction of sp³-hybridized carbons (Fsp3) is 0.407. The molecule has 0 aromatic carbocycles. The SMILES string of the molecule is CC(C)(O)CO/N=C(\c1ccc(Cl)cn1)c1ccc(CN2CCC3(CC2)OCc2ccncc23)cn1. The lowest BCUT2D eigenvalue weighted by molar-refractivity contribution is -0.0800. The molecule has 2 aliphatic rings. The summed E-state index contributed by atoms with van der Waals surface area (Å²) in [5, 5.41) is 14.7. The number of aliphatic hydroxyl groups is 1. The topological polar surface area (TPSA) is 93.0 Å². The average molecular weight is 508 g/mol. The lowest BCUT2D eigenvalue weighted by atomic mass is 9.84. The molecule has 0 unspecified atom stereocenters. The largest absolute Gasteiger partial charge is 0.392 e. The molecule has 0 aliphatic carbocycles. The maximum atomic E-state index is 9.96. The van der Waals surface area contributed by atoms with Gasteiger partial charge in [-0.05, 0) is 62.1 Å². The van der Waals surface area contributed by atoms with E-state index in [1.165, 1.54) is 11.1 Å². The Bertz CT molecular complexity index is 1220. The van der Waals surface area contributed by atoms with Gasteiger partial charge in [0, 0.05) is 50.0 Å². The van der Waals surface area contributed by atoms with E-state index in [0.29, 0.717) is 28.7 Å². The number of halogens is 1. The van der Waals surface area contributed by atoms with Gasteiger partial charge in [-0.25, -0.2) is 0 Å². The fourth-order valence-electron chi connectivity index (χ4n) is 4.65. The lowest BCUT2D eigenvalue weighted by Gasteiger charge is -2.39. The zero-order valence-corrected chi connectivity index (χ0v) is 21.3. The Balaban J connectivity index is 1.26. The molecule has 3 aromatic rings. The van der Waals surface area contributed by atoms with E-state index in [2.05, 4.69) is 37.1 Å². The van der Waals surface area contributed by atoms with Crippen LogP contribution in [0, 0.1) is 0 Å². The zero-order chi connectivity index (χ0) is 25.2. The zero-order valence-electron chi connectivity index (χ0n) is 20.5. The summed E-state index contributed by atoms with van der Waals surface area (Å²) in [5.74, 6) is 0. The average Bonchev–Trinajstić information content (AvgIpc) is 3.22. The molecule has 0 amide bonds. The first-order chi connectivity index (χ1) is 17.3. The highest BCUT2D eigenvalue weighted by Gasteiger charge is 2.42. The molecule has 5 rings (SSSR count). The maximum absolute atomic E-state index is 9.96. The molecule has 1 spiro atoms. The highest BCUT2D eigenvalue weighted by Crippen LogP contribution is 2.43. The predicted octanol–water partition coefficient (Wildman–Crippen LogP) is 4.09. The van der Waals surface area contributed by atoms with Gasteiger partial charge in [0.25, 0.3) is 0 Å². The van der Waals surface area contributed by atoms with E-state index in [-0.39, 0.29) is 12.2 Å². The highest BCUT2D eigenvalue weighted by atomic mass is 35.5. The Morgan fingerprint density at radius 3 is 2.53 bits per heavy atom. The number of hydrogen-bond acceptors (Lipinski definition) is 8. The second kappa shape index (κ2) is 10.2. The molecule has 9 heteroatoms. The molecular weight excluding hydrogens is 478 g/mol. The number of ether oxygens (including phenoxy) is 1. The van der Waals surface area contributed by atoms with Gasteiger partial charge in [-0.15, -0.1) is 0 Å². The quantitative estimate of drug-likeness (QED) is 0.380. The van der Waals surface area contributed by atoms with Gasteiger partial charge < -0.3 is 14.7 Å². The molecule has 2 aliphatic heterocycles. The smallest absolute Gasteiger partial charge is 0.154 e. The van der Waals surface area contributed by atoms with E-state index in [4.69, 9.17) is 21.2 Å². The summed E-state index contributed by atoms with van der Waals surface area (Å²) in [4.78, 5) is 21.2. The molecule has 1 saturated heterocycles. The van der Waals surface area contributed by atoms with Crippen molar-refractivity contribution >= 4 is 17.3 Å². The standard InChI is InChI=1S/C27H30ClN5O3/c1-26(2,34)18-36-32-25(24-6-4-21(28)14-31-24)23-5-3-19(13-30-23)16-33-11-8-27(9-12-33)22-15-29-10-7-20(22)17-35-27/h3-7,10,13-15,34H,8-9,11-12,16-18H2,1-2H3/b32-25-. The fourth-order valence-corrected chi connectivity index (χ4v) is 4.76. The Labute approximate surface area is 216 Å². The van der Waals surface area contributed by atoms with Crippen LogP contribution in [-0.4, -0.2) is 56.0 Å². The minimum atomic E-state index is -1.01. The molecule has 0 bridgehead atoms. The van der Waals surface area contributed by atoms with Crippen molar-refractivity contribution in [1.82, 2.24) is 19.9 Å². The van der Waals surface area contributed by atoms with Crippen molar-refractivity contribution in [2.45, 2.75) is 51.0 Å². The van der Waals surface area contributed by atoms with Crippen LogP contribution < -0.4 is 0 Å². The second-order valence-electron chi connectivity index (χ2n) is 10.0. The van der Waals surface area contributed by atoms with Crippen LogP contribution in [0.25, 0.3) is 0 Å². The van der Waals surface area contributed by atoms with E-state index in [1.54, 1.807) is 32.2 Å². The molecule has 3 aromatic heterocycles. The van der Waals surface area contributed by atoms with Crippen LogP contribution in [0.5, 0.6) is 0 Å². The number of hydrogen-bond donors (Lipinski definition) is 1. The normalized spacial score (nSPS) is 17.8. The van der Waals surface area contributed by atoms with Gasteiger partial charge >= 0.3 is 0 Å². The van der Waals surface area contributed by atoms with Crippen LogP contribution in [-0.2, 0) is 28.3 Å². The summed E-state index contributed by atoms with van der Waals surface area (Å²) in [5.41, 5.74) is 4.13. The van der Waals surface area contributed by atoms with Crippen molar-refractivity contribution in [3.8, 4) is 0 Å². The van der Waals surface area contributed by atoms with E-state index in [9.17, 15) is 5.11 Å². The number of aromatic nitrogens is 3. The Hall–Kier alpha value is -2.91. The number of fused-ring (bicyclic) bond motifs is 2. The van der Waals surface area contributed by atoms with Crippen LogP contribution in [0.15, 0.2) is 60.3 Å². The molecule has 8 nitrogen and oxygen atoms in total. The first-order valence-electron chi connectivity index (χ1n) is 12.1. The molecular formula is C27H30ClN5O3. The van der Waals surface area contributed by atoms with Crippen molar-refractivity contribution < 1.29 is 14.7 Å².